The molecule has 1 aliphatic heterocycles. The number of para-hydroxylation sites is 1. The predicted octanol–water partition coefficient (Wildman–Crippen LogP) is 8.07. The maximum atomic E-state index is 12.3. The highest BCUT2D eigenvalue weighted by Crippen LogP contribution is 2.34. The van der Waals surface area contributed by atoms with Crippen molar-refractivity contribution in [3.63, 3.8) is 0 Å². The normalized spacial score (nSPS) is 18.0. The molecule has 0 bridgehead atoms. The van der Waals surface area contributed by atoms with E-state index in [1.54, 1.807) is 6.92 Å². The Bertz CT molecular complexity index is 887. The minimum Gasteiger partial charge on any atom is -0.490 e. The summed E-state index contributed by atoms with van der Waals surface area (Å²) in [6, 6.07) is 8.25. The number of hydrogen-bond donors (Lipinski definition) is 2. The molecule has 1 heterocycles. The molecular formula is C33H52O5. The maximum Gasteiger partial charge on any atom is 0.309 e. The number of aryl methyl sites for hydroxylation is 1. The molecule has 214 valence electrons. The van der Waals surface area contributed by atoms with Gasteiger partial charge in [0.1, 0.15) is 5.75 Å². The Morgan fingerprint density at radius 3 is 2.45 bits per heavy atom. The number of ether oxygens (including phenoxy) is 1. The van der Waals surface area contributed by atoms with Crippen LogP contribution in [0.25, 0.3) is 0 Å². The molecular weight excluding hydrogens is 476 g/mol. The Morgan fingerprint density at radius 2 is 1.76 bits per heavy atom. The average molecular weight is 529 g/mol. The number of aliphatic carboxylic acids is 1. The van der Waals surface area contributed by atoms with Crippen LogP contribution >= 0.6 is 0 Å². The van der Waals surface area contributed by atoms with Crippen molar-refractivity contribution >= 4 is 11.8 Å². The summed E-state index contributed by atoms with van der Waals surface area (Å²) in [7, 11) is 0. The zero-order valence-electron chi connectivity index (χ0n) is 24.3. The summed E-state index contributed by atoms with van der Waals surface area (Å²) in [4.78, 5) is 24.4. The fourth-order valence-corrected chi connectivity index (χ4v) is 5.66. The van der Waals surface area contributed by atoms with Crippen LogP contribution < -0.4 is 4.74 Å². The lowest BCUT2D eigenvalue weighted by Crippen LogP contribution is -2.32. The molecule has 5 nitrogen and oxygen atoms in total. The zero-order valence-corrected chi connectivity index (χ0v) is 24.3. The number of ketones is 1. The van der Waals surface area contributed by atoms with Crippen molar-refractivity contribution < 1.29 is 24.5 Å². The van der Waals surface area contributed by atoms with Gasteiger partial charge in [-0.3, -0.25) is 9.59 Å². The Morgan fingerprint density at radius 1 is 1.08 bits per heavy atom. The minimum atomic E-state index is -1.17. The van der Waals surface area contributed by atoms with Crippen molar-refractivity contribution in [2.45, 2.75) is 136 Å². The third kappa shape index (κ3) is 11.7. The molecule has 0 spiro atoms. The fourth-order valence-electron chi connectivity index (χ4n) is 5.66. The standard InChI is InChI=1S/C33H52O5/c1-5-6-7-8-9-10-11-14-26(23-30-18-17-27-15-12-13-16-31(27)38-30)22-28(34)19-20-33(4,32(36)37)24-29(35)21-25(2)3/h12-13,15-16,21,26,28,30,34H,5-11,14,17-20,22-24H2,1-4H3,(H,36,37). The lowest BCUT2D eigenvalue weighted by molar-refractivity contribution is -0.150. The van der Waals surface area contributed by atoms with Gasteiger partial charge in [-0.1, -0.05) is 82.1 Å². The predicted molar refractivity (Wildman–Crippen MR) is 155 cm³/mol. The fraction of sp³-hybridized carbons (Fsp3) is 0.697. The first-order valence-electron chi connectivity index (χ1n) is 15.0. The molecule has 4 atom stereocenters. The van der Waals surface area contributed by atoms with E-state index in [1.165, 1.54) is 50.2 Å². The van der Waals surface area contributed by atoms with Gasteiger partial charge < -0.3 is 14.9 Å². The average Bonchev–Trinajstić information content (AvgIpc) is 2.86. The number of hydrogen-bond acceptors (Lipinski definition) is 4. The summed E-state index contributed by atoms with van der Waals surface area (Å²) in [5.41, 5.74) is 0.959. The number of benzene rings is 1. The molecule has 0 saturated heterocycles. The molecule has 1 aliphatic rings. The van der Waals surface area contributed by atoms with Crippen LogP contribution in [0.4, 0.5) is 0 Å². The monoisotopic (exact) mass is 528 g/mol. The van der Waals surface area contributed by atoms with Crippen molar-refractivity contribution in [2.75, 3.05) is 0 Å². The molecule has 0 saturated carbocycles. The zero-order chi connectivity index (χ0) is 28.0. The van der Waals surface area contributed by atoms with Gasteiger partial charge in [0, 0.05) is 6.42 Å². The molecule has 1 aromatic rings. The number of aliphatic hydroxyl groups excluding tert-OH is 1. The van der Waals surface area contributed by atoms with Crippen LogP contribution in [0.2, 0.25) is 0 Å². The topological polar surface area (TPSA) is 83.8 Å². The number of aliphatic hydroxyl groups is 1. The quantitative estimate of drug-likeness (QED) is 0.140. The molecule has 0 aromatic heterocycles. The van der Waals surface area contributed by atoms with Crippen molar-refractivity contribution in [1.82, 2.24) is 0 Å². The van der Waals surface area contributed by atoms with Gasteiger partial charge in [-0.25, -0.2) is 0 Å². The summed E-state index contributed by atoms with van der Waals surface area (Å²) in [5.74, 6) is 0.168. The lowest BCUT2D eigenvalue weighted by Gasteiger charge is -2.31. The number of fused-ring (bicyclic) bond motifs is 1. The number of carboxylic acid groups (broad SMARTS) is 1. The number of rotatable bonds is 19. The van der Waals surface area contributed by atoms with Crippen LogP contribution in [0.3, 0.4) is 0 Å². The highest BCUT2D eigenvalue weighted by Gasteiger charge is 2.35. The van der Waals surface area contributed by atoms with E-state index in [1.807, 2.05) is 26.0 Å². The van der Waals surface area contributed by atoms with E-state index in [2.05, 4.69) is 19.1 Å². The SMILES string of the molecule is CCCCCCCCCC(CC(O)CCC(C)(CC(=O)C=C(C)C)C(=O)O)CC1CCc2ccccc2O1. The van der Waals surface area contributed by atoms with E-state index < -0.39 is 17.5 Å². The molecule has 5 heteroatoms. The van der Waals surface area contributed by atoms with Crippen molar-refractivity contribution in [3.05, 3.63) is 41.5 Å². The van der Waals surface area contributed by atoms with Gasteiger partial charge in [0.15, 0.2) is 5.78 Å². The Labute approximate surface area is 231 Å². The first-order valence-corrected chi connectivity index (χ1v) is 15.0. The molecule has 0 amide bonds. The first-order chi connectivity index (χ1) is 18.1. The van der Waals surface area contributed by atoms with Gasteiger partial charge >= 0.3 is 5.97 Å². The van der Waals surface area contributed by atoms with Crippen LogP contribution in [-0.4, -0.2) is 34.2 Å². The molecule has 0 radical (unpaired) electrons. The van der Waals surface area contributed by atoms with Crippen molar-refractivity contribution in [3.8, 4) is 5.75 Å². The third-order valence-corrected chi connectivity index (χ3v) is 7.98. The number of carbonyl (C=O) groups excluding carboxylic acids is 1. The molecule has 0 fully saturated rings. The second kappa shape index (κ2) is 16.7. The molecule has 1 aromatic carbocycles. The first kappa shape index (κ1) is 32.1. The van der Waals surface area contributed by atoms with Crippen LogP contribution in [-0.2, 0) is 16.0 Å². The van der Waals surface area contributed by atoms with E-state index in [0.29, 0.717) is 18.8 Å². The van der Waals surface area contributed by atoms with Crippen molar-refractivity contribution in [2.24, 2.45) is 11.3 Å². The van der Waals surface area contributed by atoms with Gasteiger partial charge in [0.05, 0.1) is 17.6 Å². The van der Waals surface area contributed by atoms with E-state index >= 15 is 0 Å². The van der Waals surface area contributed by atoms with E-state index in [-0.39, 0.29) is 24.7 Å². The number of unbranched alkanes of at least 4 members (excludes halogenated alkanes) is 6. The lowest BCUT2D eigenvalue weighted by atomic mass is 9.78. The summed E-state index contributed by atoms with van der Waals surface area (Å²) in [6.07, 6.45) is 15.1. The molecule has 38 heavy (non-hydrogen) atoms. The van der Waals surface area contributed by atoms with Crippen LogP contribution in [0.5, 0.6) is 5.75 Å². The second-order valence-corrected chi connectivity index (χ2v) is 12.1. The Hall–Kier alpha value is -2.14. The molecule has 2 rings (SSSR count). The number of carboxylic acids is 1. The highest BCUT2D eigenvalue weighted by molar-refractivity contribution is 5.94. The van der Waals surface area contributed by atoms with E-state index in [0.717, 1.165) is 43.4 Å². The minimum absolute atomic E-state index is 0.0446. The van der Waals surface area contributed by atoms with Crippen LogP contribution in [0, 0.1) is 11.3 Å². The molecule has 0 aliphatic carbocycles. The summed E-state index contributed by atoms with van der Waals surface area (Å²) in [6.45, 7) is 7.53. The summed E-state index contributed by atoms with van der Waals surface area (Å²) in [5, 5.41) is 20.9. The van der Waals surface area contributed by atoms with Crippen LogP contribution in [0.15, 0.2) is 35.9 Å². The third-order valence-electron chi connectivity index (χ3n) is 7.98. The van der Waals surface area contributed by atoms with E-state index in [9.17, 15) is 19.8 Å². The van der Waals surface area contributed by atoms with Gasteiger partial charge in [-0.05, 0) is 82.9 Å². The largest absolute Gasteiger partial charge is 0.490 e. The Balaban J connectivity index is 1.94. The smallest absolute Gasteiger partial charge is 0.309 e. The summed E-state index contributed by atoms with van der Waals surface area (Å²) >= 11 is 0. The molecule has 4 unspecified atom stereocenters. The highest BCUT2D eigenvalue weighted by atomic mass is 16.5. The maximum absolute atomic E-state index is 12.3. The van der Waals surface area contributed by atoms with Gasteiger partial charge in [0.25, 0.3) is 0 Å². The van der Waals surface area contributed by atoms with Gasteiger partial charge in [-0.15, -0.1) is 0 Å². The summed E-state index contributed by atoms with van der Waals surface area (Å²) < 4.78 is 6.33. The number of allylic oxidation sites excluding steroid dienone is 2. The second-order valence-electron chi connectivity index (χ2n) is 12.1. The molecule has 2 N–H and O–H groups in total. The Kier molecular flexibility index (Phi) is 14.1. The van der Waals surface area contributed by atoms with E-state index in [4.69, 9.17) is 4.74 Å². The number of carbonyl (C=O) groups is 2. The van der Waals surface area contributed by atoms with Gasteiger partial charge in [-0.2, -0.15) is 0 Å². The van der Waals surface area contributed by atoms with Crippen molar-refractivity contribution in [1.29, 1.82) is 0 Å². The van der Waals surface area contributed by atoms with Crippen LogP contribution in [0.1, 0.15) is 123 Å². The van der Waals surface area contributed by atoms with Gasteiger partial charge in [0.2, 0.25) is 0 Å².